The number of carbonyl (C=O) groups is 1. The molecule has 4 aromatic rings. The zero-order valence-electron chi connectivity index (χ0n) is 14.2. The second-order valence-corrected chi connectivity index (χ2v) is 6.07. The molecule has 0 saturated heterocycles. The Hall–Kier alpha value is -3.52. The monoisotopic (exact) mass is 335 g/mol. The second kappa shape index (κ2) is 7.16. The average Bonchev–Trinajstić information content (AvgIpc) is 2.75. The summed E-state index contributed by atoms with van der Waals surface area (Å²) in [6.07, 6.45) is 1.79. The van der Waals surface area contributed by atoms with Crippen molar-refractivity contribution in [3.05, 3.63) is 114 Å². The molecular weight excluding hydrogens is 318 g/mol. The quantitative estimate of drug-likeness (QED) is 0.451. The van der Waals surface area contributed by atoms with E-state index in [1.54, 1.807) is 6.20 Å². The van der Waals surface area contributed by atoms with Crippen LogP contribution in [0.5, 0.6) is 0 Å². The van der Waals surface area contributed by atoms with Crippen LogP contribution in [-0.2, 0) is 0 Å². The van der Waals surface area contributed by atoms with Crippen molar-refractivity contribution >= 4 is 5.78 Å². The summed E-state index contributed by atoms with van der Waals surface area (Å²) < 4.78 is 0. The van der Waals surface area contributed by atoms with E-state index in [-0.39, 0.29) is 5.78 Å². The lowest BCUT2D eigenvalue weighted by Gasteiger charge is -2.08. The molecule has 2 nitrogen and oxygen atoms in total. The van der Waals surface area contributed by atoms with Gasteiger partial charge in [0.05, 0.1) is 5.69 Å². The van der Waals surface area contributed by atoms with Gasteiger partial charge in [0.15, 0.2) is 5.78 Å². The number of hydrogen-bond acceptors (Lipinski definition) is 2. The number of pyridine rings is 1. The number of ketones is 1. The van der Waals surface area contributed by atoms with Gasteiger partial charge in [-0.2, -0.15) is 0 Å². The average molecular weight is 335 g/mol. The molecule has 0 aliphatic heterocycles. The normalized spacial score (nSPS) is 10.5. The van der Waals surface area contributed by atoms with Crippen LogP contribution in [-0.4, -0.2) is 10.8 Å². The molecule has 0 unspecified atom stereocenters. The van der Waals surface area contributed by atoms with Gasteiger partial charge in [0, 0.05) is 22.9 Å². The van der Waals surface area contributed by atoms with Crippen LogP contribution in [0.3, 0.4) is 0 Å². The van der Waals surface area contributed by atoms with Gasteiger partial charge in [-0.1, -0.05) is 72.8 Å². The van der Waals surface area contributed by atoms with Crippen molar-refractivity contribution in [2.24, 2.45) is 0 Å². The summed E-state index contributed by atoms with van der Waals surface area (Å²) in [6, 6.07) is 31.2. The van der Waals surface area contributed by atoms with Crippen molar-refractivity contribution in [3.63, 3.8) is 0 Å². The van der Waals surface area contributed by atoms with Crippen molar-refractivity contribution in [3.8, 4) is 22.4 Å². The highest BCUT2D eigenvalue weighted by Crippen LogP contribution is 2.26. The fourth-order valence-corrected chi connectivity index (χ4v) is 2.99. The maximum absolute atomic E-state index is 12.7. The molecule has 0 aliphatic rings. The molecule has 0 amide bonds. The minimum Gasteiger partial charge on any atom is -0.289 e. The smallest absolute Gasteiger partial charge is 0.193 e. The van der Waals surface area contributed by atoms with Crippen LogP contribution in [0.25, 0.3) is 22.4 Å². The number of hydrogen-bond donors (Lipinski definition) is 0. The summed E-state index contributed by atoms with van der Waals surface area (Å²) in [5, 5.41) is 0. The Morgan fingerprint density at radius 2 is 1.23 bits per heavy atom. The van der Waals surface area contributed by atoms with Crippen LogP contribution >= 0.6 is 0 Å². The van der Waals surface area contributed by atoms with E-state index in [9.17, 15) is 4.79 Å². The molecule has 0 N–H and O–H groups in total. The van der Waals surface area contributed by atoms with Crippen molar-refractivity contribution in [1.82, 2.24) is 4.98 Å². The fourth-order valence-electron chi connectivity index (χ4n) is 2.99. The number of aromatic nitrogens is 1. The molecule has 4 rings (SSSR count). The third-order valence-electron chi connectivity index (χ3n) is 4.32. The fraction of sp³-hybridized carbons (Fsp3) is 0. The Labute approximate surface area is 152 Å². The highest BCUT2D eigenvalue weighted by molar-refractivity contribution is 6.09. The van der Waals surface area contributed by atoms with Crippen LogP contribution in [0.2, 0.25) is 0 Å². The van der Waals surface area contributed by atoms with Crippen molar-refractivity contribution < 1.29 is 4.79 Å². The van der Waals surface area contributed by atoms with Gasteiger partial charge in [0.2, 0.25) is 0 Å². The molecule has 0 atom stereocenters. The zero-order chi connectivity index (χ0) is 17.8. The molecule has 0 aliphatic carbocycles. The van der Waals surface area contributed by atoms with Crippen molar-refractivity contribution in [2.75, 3.05) is 0 Å². The summed E-state index contributed by atoms with van der Waals surface area (Å²) in [5.41, 5.74) is 5.47. The molecule has 1 heterocycles. The first kappa shape index (κ1) is 16.0. The van der Waals surface area contributed by atoms with Crippen LogP contribution in [0, 0.1) is 0 Å². The summed E-state index contributed by atoms with van der Waals surface area (Å²) >= 11 is 0. The van der Waals surface area contributed by atoms with E-state index in [1.807, 2.05) is 84.9 Å². The number of nitrogens with zero attached hydrogens (tertiary/aromatic N) is 1. The van der Waals surface area contributed by atoms with Crippen LogP contribution < -0.4 is 0 Å². The Bertz CT molecular complexity index is 1040. The molecule has 26 heavy (non-hydrogen) atoms. The number of rotatable bonds is 4. The van der Waals surface area contributed by atoms with Crippen LogP contribution in [0.15, 0.2) is 103 Å². The number of benzene rings is 3. The standard InChI is InChI=1S/C24H17NO/c26-24(18-8-2-1-3-9-18)22-13-7-11-20(17-22)19-10-6-12-21(16-19)23-14-4-5-15-25-23/h1-17H. The summed E-state index contributed by atoms with van der Waals surface area (Å²) in [5.74, 6) is 0.0355. The van der Waals surface area contributed by atoms with E-state index in [0.29, 0.717) is 11.1 Å². The Balaban J connectivity index is 1.70. The molecular formula is C24H17NO. The van der Waals surface area contributed by atoms with Gasteiger partial charge < -0.3 is 0 Å². The first-order valence-corrected chi connectivity index (χ1v) is 8.53. The SMILES string of the molecule is O=C(c1ccccc1)c1cccc(-c2cccc(-c3ccccn3)c2)c1. The number of carbonyl (C=O) groups excluding carboxylic acids is 1. The molecule has 1 aromatic heterocycles. The summed E-state index contributed by atoms with van der Waals surface area (Å²) in [6.45, 7) is 0. The first-order chi connectivity index (χ1) is 12.8. The van der Waals surface area contributed by atoms with Crippen molar-refractivity contribution in [2.45, 2.75) is 0 Å². The molecule has 0 fully saturated rings. The molecule has 0 bridgehead atoms. The third-order valence-corrected chi connectivity index (χ3v) is 4.32. The van der Waals surface area contributed by atoms with Crippen LogP contribution in [0.4, 0.5) is 0 Å². The van der Waals surface area contributed by atoms with Crippen LogP contribution in [0.1, 0.15) is 15.9 Å². The Morgan fingerprint density at radius 1 is 0.577 bits per heavy atom. The zero-order valence-corrected chi connectivity index (χ0v) is 14.2. The maximum Gasteiger partial charge on any atom is 0.193 e. The van der Waals surface area contributed by atoms with E-state index in [0.717, 1.165) is 22.4 Å². The van der Waals surface area contributed by atoms with Gasteiger partial charge in [0.25, 0.3) is 0 Å². The molecule has 0 saturated carbocycles. The topological polar surface area (TPSA) is 30.0 Å². The predicted molar refractivity (Wildman–Crippen MR) is 105 cm³/mol. The summed E-state index contributed by atoms with van der Waals surface area (Å²) in [4.78, 5) is 17.1. The van der Waals surface area contributed by atoms with Crippen molar-refractivity contribution in [1.29, 1.82) is 0 Å². The third kappa shape index (κ3) is 3.31. The Kier molecular flexibility index (Phi) is 4.40. The van der Waals surface area contributed by atoms with Gasteiger partial charge in [0.1, 0.15) is 0 Å². The molecule has 124 valence electrons. The van der Waals surface area contributed by atoms with E-state index >= 15 is 0 Å². The van der Waals surface area contributed by atoms with Gasteiger partial charge in [-0.25, -0.2) is 0 Å². The maximum atomic E-state index is 12.7. The summed E-state index contributed by atoms with van der Waals surface area (Å²) in [7, 11) is 0. The van der Waals surface area contributed by atoms with E-state index in [1.165, 1.54) is 0 Å². The molecule has 3 aromatic carbocycles. The minimum absolute atomic E-state index is 0.0355. The highest BCUT2D eigenvalue weighted by Gasteiger charge is 2.10. The molecule has 2 heteroatoms. The minimum atomic E-state index is 0.0355. The van der Waals surface area contributed by atoms with Gasteiger partial charge >= 0.3 is 0 Å². The lowest BCUT2D eigenvalue weighted by atomic mass is 9.97. The second-order valence-electron chi connectivity index (χ2n) is 6.07. The predicted octanol–water partition coefficient (Wildman–Crippen LogP) is 5.65. The Morgan fingerprint density at radius 3 is 2.00 bits per heavy atom. The van der Waals surface area contributed by atoms with Gasteiger partial charge in [-0.05, 0) is 35.4 Å². The van der Waals surface area contributed by atoms with E-state index in [2.05, 4.69) is 17.1 Å². The molecule has 0 spiro atoms. The lowest BCUT2D eigenvalue weighted by Crippen LogP contribution is -2.00. The highest BCUT2D eigenvalue weighted by atomic mass is 16.1. The first-order valence-electron chi connectivity index (χ1n) is 8.53. The largest absolute Gasteiger partial charge is 0.289 e. The van der Waals surface area contributed by atoms with E-state index < -0.39 is 0 Å². The van der Waals surface area contributed by atoms with E-state index in [4.69, 9.17) is 0 Å². The van der Waals surface area contributed by atoms with Gasteiger partial charge in [-0.15, -0.1) is 0 Å². The lowest BCUT2D eigenvalue weighted by molar-refractivity contribution is 0.103. The van der Waals surface area contributed by atoms with Gasteiger partial charge in [-0.3, -0.25) is 9.78 Å². The molecule has 0 radical (unpaired) electrons.